The number of amides is 1. The number of ether oxygens (including phenoxy) is 1. The van der Waals surface area contributed by atoms with E-state index in [1.165, 1.54) is 18.4 Å². The van der Waals surface area contributed by atoms with Gasteiger partial charge in [-0.05, 0) is 5.92 Å². The van der Waals surface area contributed by atoms with Gasteiger partial charge >= 0.3 is 0 Å². The molecule has 1 aliphatic heterocycles. The molecule has 3 nitrogen and oxygen atoms in total. The van der Waals surface area contributed by atoms with Gasteiger partial charge in [0.15, 0.2) is 5.75 Å². The molecule has 0 aromatic carbocycles. The van der Waals surface area contributed by atoms with E-state index in [9.17, 15) is 4.79 Å². The summed E-state index contributed by atoms with van der Waals surface area (Å²) in [6, 6.07) is 0.133. The largest absolute Gasteiger partial charge is 0.493 e. The Morgan fingerprint density at radius 2 is 2.32 bits per heavy atom. The van der Waals surface area contributed by atoms with Gasteiger partial charge < -0.3 is 4.74 Å². The van der Waals surface area contributed by atoms with Gasteiger partial charge in [-0.15, -0.1) is 11.3 Å². The van der Waals surface area contributed by atoms with E-state index >= 15 is 0 Å². The van der Waals surface area contributed by atoms with Gasteiger partial charge in [0.25, 0.3) is 5.91 Å². The highest BCUT2D eigenvalue weighted by Gasteiger charge is 2.37. The van der Waals surface area contributed by atoms with Crippen LogP contribution in [0.1, 0.15) is 24.2 Å². The second kappa shape index (κ2) is 5.99. The van der Waals surface area contributed by atoms with E-state index in [2.05, 4.69) is 13.8 Å². The van der Waals surface area contributed by atoms with Gasteiger partial charge in [-0.3, -0.25) is 9.69 Å². The third kappa shape index (κ3) is 2.77. The van der Waals surface area contributed by atoms with Crippen molar-refractivity contribution in [2.45, 2.75) is 19.9 Å². The first-order valence-electron chi connectivity index (χ1n) is 5.78. The topological polar surface area (TPSA) is 29.5 Å². The van der Waals surface area contributed by atoms with Gasteiger partial charge in [-0.25, -0.2) is 0 Å². The number of thioether (sulfide) groups is 1. The Kier molecular flexibility index (Phi) is 4.76. The van der Waals surface area contributed by atoms with Crippen molar-refractivity contribution in [3.63, 3.8) is 0 Å². The van der Waals surface area contributed by atoms with E-state index in [1.807, 2.05) is 0 Å². The second-order valence-electron chi connectivity index (χ2n) is 4.52. The van der Waals surface area contributed by atoms with Crippen molar-refractivity contribution in [1.29, 1.82) is 0 Å². The summed E-state index contributed by atoms with van der Waals surface area (Å²) in [4.78, 5) is 14.4. The summed E-state index contributed by atoms with van der Waals surface area (Å²) in [5, 5.41) is 1.73. The Balaban J connectivity index is 2.34. The van der Waals surface area contributed by atoms with E-state index in [1.54, 1.807) is 22.0 Å². The predicted molar refractivity (Wildman–Crippen MR) is 85.7 cm³/mol. The molecule has 1 atom stereocenters. The van der Waals surface area contributed by atoms with Crippen LogP contribution in [0.2, 0.25) is 4.34 Å². The second-order valence-corrected chi connectivity index (χ2v) is 7.66. The maximum Gasteiger partial charge on any atom is 0.264 e. The van der Waals surface area contributed by atoms with Gasteiger partial charge in [-0.2, -0.15) is 0 Å². The van der Waals surface area contributed by atoms with E-state index in [0.29, 0.717) is 25.9 Å². The third-order valence-electron chi connectivity index (χ3n) is 3.03. The van der Waals surface area contributed by atoms with Crippen LogP contribution in [0.5, 0.6) is 5.75 Å². The maximum absolute atomic E-state index is 12.7. The smallest absolute Gasteiger partial charge is 0.264 e. The molecule has 1 saturated heterocycles. The summed E-state index contributed by atoms with van der Waals surface area (Å²) in [5.74, 6) is 1.53. The fourth-order valence-electron chi connectivity index (χ4n) is 1.95. The Morgan fingerprint density at radius 3 is 2.89 bits per heavy atom. The average Bonchev–Trinajstić information content (AvgIpc) is 2.91. The summed E-state index contributed by atoms with van der Waals surface area (Å²) in [5.41, 5.74) is 0.494. The number of carbonyl (C=O) groups is 1. The zero-order valence-electron chi connectivity index (χ0n) is 10.8. The molecule has 1 amide bonds. The van der Waals surface area contributed by atoms with Crippen molar-refractivity contribution in [3.8, 4) is 5.75 Å². The van der Waals surface area contributed by atoms with Crippen LogP contribution in [0.25, 0.3) is 0 Å². The van der Waals surface area contributed by atoms with Crippen molar-refractivity contribution >= 4 is 57.1 Å². The van der Waals surface area contributed by atoms with E-state index < -0.39 is 0 Å². The van der Waals surface area contributed by atoms with E-state index in [4.69, 9.17) is 28.6 Å². The number of thiophene rings is 1. The van der Waals surface area contributed by atoms with Crippen LogP contribution in [0.4, 0.5) is 0 Å². The first-order valence-corrected chi connectivity index (χ1v) is 8.43. The number of thiocarbonyl (C=S) groups is 1. The fourth-order valence-corrected chi connectivity index (χ4v) is 4.62. The molecule has 0 saturated carbocycles. The lowest BCUT2D eigenvalue weighted by Gasteiger charge is -2.26. The van der Waals surface area contributed by atoms with Crippen molar-refractivity contribution in [2.75, 3.05) is 12.9 Å². The number of carbonyl (C=O) groups excluding carboxylic acids is 1. The first-order chi connectivity index (χ1) is 8.97. The highest BCUT2D eigenvalue weighted by atomic mass is 35.5. The zero-order chi connectivity index (χ0) is 14.2. The van der Waals surface area contributed by atoms with Crippen LogP contribution in [0, 0.1) is 5.92 Å². The summed E-state index contributed by atoms with van der Waals surface area (Å²) < 4.78 is 6.33. The molecule has 1 aliphatic rings. The van der Waals surface area contributed by atoms with Crippen LogP contribution in [0.15, 0.2) is 5.38 Å². The summed E-state index contributed by atoms with van der Waals surface area (Å²) in [6.07, 6.45) is 0. The minimum atomic E-state index is -0.117. The molecule has 0 radical (unpaired) electrons. The average molecular weight is 336 g/mol. The standard InChI is InChI=1S/C12H14ClNO2S3/c1-6(2)8-5-19-12(17)14(8)11(15)7-4-18-10(13)9(7)16-3/h4,6,8H,5H2,1-3H3/t8-/m1/s1. The predicted octanol–water partition coefficient (Wildman–Crippen LogP) is 3.91. The molecular formula is C12H14ClNO2S3. The normalized spacial score (nSPS) is 19.3. The zero-order valence-corrected chi connectivity index (χ0v) is 14.0. The van der Waals surface area contributed by atoms with Crippen LogP contribution in [-0.4, -0.2) is 34.0 Å². The molecule has 19 heavy (non-hydrogen) atoms. The molecule has 0 N–H and O–H groups in total. The first kappa shape index (κ1) is 15.1. The fraction of sp³-hybridized carbons (Fsp3) is 0.500. The van der Waals surface area contributed by atoms with Crippen molar-refractivity contribution < 1.29 is 9.53 Å². The van der Waals surface area contributed by atoms with Crippen molar-refractivity contribution in [3.05, 3.63) is 15.3 Å². The number of hydrogen-bond donors (Lipinski definition) is 0. The lowest BCUT2D eigenvalue weighted by molar-refractivity contribution is 0.0798. The Hall–Kier alpha value is -0.300. The quantitative estimate of drug-likeness (QED) is 0.783. The molecule has 0 aliphatic carbocycles. The van der Waals surface area contributed by atoms with Gasteiger partial charge in [0.1, 0.15) is 8.66 Å². The molecule has 1 aromatic heterocycles. The number of halogens is 1. The Bertz CT molecular complexity index is 515. The third-order valence-corrected chi connectivity index (χ3v) is 5.72. The molecule has 2 rings (SSSR count). The SMILES string of the molecule is COc1c(C(=O)N2C(=S)SC[C@@H]2C(C)C)csc1Cl. The lowest BCUT2D eigenvalue weighted by Crippen LogP contribution is -2.41. The van der Waals surface area contributed by atoms with Crippen molar-refractivity contribution in [1.82, 2.24) is 4.90 Å². The van der Waals surface area contributed by atoms with Crippen LogP contribution < -0.4 is 4.74 Å². The number of hydrogen-bond acceptors (Lipinski definition) is 5. The summed E-state index contributed by atoms with van der Waals surface area (Å²) >= 11 is 14.2. The number of rotatable bonds is 3. The minimum absolute atomic E-state index is 0.117. The van der Waals surface area contributed by atoms with Crippen LogP contribution in [-0.2, 0) is 0 Å². The van der Waals surface area contributed by atoms with Gasteiger partial charge in [0.05, 0.1) is 18.7 Å². The van der Waals surface area contributed by atoms with Crippen LogP contribution in [0.3, 0.4) is 0 Å². The Labute approximate surface area is 131 Å². The lowest BCUT2D eigenvalue weighted by atomic mass is 10.0. The summed E-state index contributed by atoms with van der Waals surface area (Å²) in [7, 11) is 1.52. The molecule has 0 spiro atoms. The molecular weight excluding hydrogens is 322 g/mol. The van der Waals surface area contributed by atoms with Crippen molar-refractivity contribution in [2.24, 2.45) is 5.92 Å². The number of methoxy groups -OCH3 is 1. The van der Waals surface area contributed by atoms with E-state index in [-0.39, 0.29) is 11.9 Å². The van der Waals surface area contributed by atoms with Gasteiger partial charge in [0, 0.05) is 11.1 Å². The molecule has 0 unspecified atom stereocenters. The number of nitrogens with zero attached hydrogens (tertiary/aromatic N) is 1. The monoisotopic (exact) mass is 335 g/mol. The molecule has 0 bridgehead atoms. The molecule has 2 heterocycles. The molecule has 104 valence electrons. The minimum Gasteiger partial charge on any atom is -0.493 e. The van der Waals surface area contributed by atoms with E-state index in [0.717, 1.165) is 5.75 Å². The van der Waals surface area contributed by atoms with Gasteiger partial charge in [0.2, 0.25) is 0 Å². The molecule has 1 fully saturated rings. The van der Waals surface area contributed by atoms with Crippen LogP contribution >= 0.6 is 46.9 Å². The highest BCUT2D eigenvalue weighted by Crippen LogP contribution is 2.38. The molecule has 1 aromatic rings. The Morgan fingerprint density at radius 1 is 1.63 bits per heavy atom. The maximum atomic E-state index is 12.7. The van der Waals surface area contributed by atoms with Gasteiger partial charge in [-0.1, -0.05) is 49.4 Å². The summed E-state index contributed by atoms with van der Waals surface area (Å²) in [6.45, 7) is 4.19. The highest BCUT2D eigenvalue weighted by molar-refractivity contribution is 8.23. The molecule has 7 heteroatoms.